The second-order valence-electron chi connectivity index (χ2n) is 3.86. The number of aromatic nitrogens is 1. The van der Waals surface area contributed by atoms with Gasteiger partial charge in [0.05, 0.1) is 18.8 Å². The second-order valence-corrected chi connectivity index (χ2v) is 4.30. The lowest BCUT2D eigenvalue weighted by atomic mass is 10.0. The zero-order valence-corrected chi connectivity index (χ0v) is 11.1. The van der Waals surface area contributed by atoms with Crippen molar-refractivity contribution in [1.29, 1.82) is 0 Å². The van der Waals surface area contributed by atoms with E-state index in [0.29, 0.717) is 5.02 Å². The van der Waals surface area contributed by atoms with Crippen LogP contribution in [0, 0.1) is 0 Å². The number of ether oxygens (including phenoxy) is 1. The summed E-state index contributed by atoms with van der Waals surface area (Å²) in [5.74, 6) is 0.796. The van der Waals surface area contributed by atoms with Gasteiger partial charge in [-0.1, -0.05) is 17.7 Å². The van der Waals surface area contributed by atoms with Crippen LogP contribution in [0.1, 0.15) is 17.3 Å². The number of nitrogens with one attached hydrogen (secondary N) is 1. The molecule has 1 atom stereocenters. The summed E-state index contributed by atoms with van der Waals surface area (Å²) < 4.78 is 5.38. The third kappa shape index (κ3) is 2.63. The Morgan fingerprint density at radius 3 is 2.72 bits per heavy atom. The number of rotatable bonds is 4. The normalized spacial score (nSPS) is 12.2. The van der Waals surface area contributed by atoms with E-state index in [-0.39, 0.29) is 6.04 Å². The average molecular weight is 263 g/mol. The van der Waals surface area contributed by atoms with Crippen molar-refractivity contribution < 1.29 is 4.74 Å². The van der Waals surface area contributed by atoms with Crippen LogP contribution in [-0.4, -0.2) is 19.1 Å². The summed E-state index contributed by atoms with van der Waals surface area (Å²) >= 11 is 6.06. The van der Waals surface area contributed by atoms with Crippen molar-refractivity contribution in [3.63, 3.8) is 0 Å². The Labute approximate surface area is 112 Å². The van der Waals surface area contributed by atoms with Crippen LogP contribution in [0.5, 0.6) is 5.75 Å². The van der Waals surface area contributed by atoms with Gasteiger partial charge in [0.2, 0.25) is 0 Å². The first-order valence-corrected chi connectivity index (χ1v) is 6.05. The zero-order valence-electron chi connectivity index (χ0n) is 10.4. The van der Waals surface area contributed by atoms with Gasteiger partial charge in [0.1, 0.15) is 5.75 Å². The fraction of sp³-hybridized carbons (Fsp3) is 0.214. The maximum absolute atomic E-state index is 6.06. The molecule has 2 aromatic rings. The minimum Gasteiger partial charge on any atom is -0.496 e. The standard InChI is InChI=1S/C14H15ClN2O/c1-16-14(12-5-3-4-8-17-12)11-9-10(15)6-7-13(11)18-2/h3-9,14,16H,1-2H3. The van der Waals surface area contributed by atoms with Gasteiger partial charge < -0.3 is 10.1 Å². The Hall–Kier alpha value is -1.58. The fourth-order valence-corrected chi connectivity index (χ4v) is 2.12. The third-order valence-electron chi connectivity index (χ3n) is 2.77. The van der Waals surface area contributed by atoms with Crippen molar-refractivity contribution in [2.24, 2.45) is 0 Å². The van der Waals surface area contributed by atoms with Gasteiger partial charge in [-0.05, 0) is 37.4 Å². The Morgan fingerprint density at radius 2 is 2.11 bits per heavy atom. The fourth-order valence-electron chi connectivity index (χ4n) is 1.94. The molecule has 1 heterocycles. The first kappa shape index (κ1) is 12.9. The molecule has 18 heavy (non-hydrogen) atoms. The van der Waals surface area contributed by atoms with E-state index in [1.165, 1.54) is 0 Å². The number of hydrogen-bond acceptors (Lipinski definition) is 3. The number of halogens is 1. The molecule has 0 aliphatic carbocycles. The molecule has 0 radical (unpaired) electrons. The van der Waals surface area contributed by atoms with Gasteiger partial charge in [-0.3, -0.25) is 4.98 Å². The highest BCUT2D eigenvalue weighted by Gasteiger charge is 2.17. The van der Waals surface area contributed by atoms with Crippen molar-refractivity contribution in [2.75, 3.05) is 14.2 Å². The van der Waals surface area contributed by atoms with E-state index in [1.54, 1.807) is 13.3 Å². The van der Waals surface area contributed by atoms with Crippen molar-refractivity contribution in [3.8, 4) is 5.75 Å². The number of benzene rings is 1. The topological polar surface area (TPSA) is 34.2 Å². The molecule has 0 aliphatic rings. The molecule has 0 saturated carbocycles. The number of methoxy groups -OCH3 is 1. The van der Waals surface area contributed by atoms with Crippen molar-refractivity contribution >= 4 is 11.6 Å². The highest BCUT2D eigenvalue weighted by molar-refractivity contribution is 6.30. The molecule has 1 N–H and O–H groups in total. The molecule has 2 rings (SSSR count). The Bertz CT molecular complexity index is 516. The SMILES string of the molecule is CNC(c1ccccn1)c1cc(Cl)ccc1OC. The van der Waals surface area contributed by atoms with Crippen LogP contribution in [0.15, 0.2) is 42.6 Å². The van der Waals surface area contributed by atoms with Crippen LogP contribution in [0.2, 0.25) is 5.02 Å². The molecule has 3 nitrogen and oxygen atoms in total. The quantitative estimate of drug-likeness (QED) is 0.920. The average Bonchev–Trinajstić information content (AvgIpc) is 2.41. The van der Waals surface area contributed by atoms with Crippen LogP contribution < -0.4 is 10.1 Å². The maximum atomic E-state index is 6.06. The number of nitrogens with zero attached hydrogens (tertiary/aromatic N) is 1. The second kappa shape index (κ2) is 5.85. The molecule has 1 unspecified atom stereocenters. The molecule has 0 amide bonds. The summed E-state index contributed by atoms with van der Waals surface area (Å²) in [7, 11) is 3.54. The summed E-state index contributed by atoms with van der Waals surface area (Å²) in [5.41, 5.74) is 1.91. The van der Waals surface area contributed by atoms with Crippen LogP contribution in [0.25, 0.3) is 0 Å². The Morgan fingerprint density at radius 1 is 1.28 bits per heavy atom. The molecule has 0 saturated heterocycles. The lowest BCUT2D eigenvalue weighted by Crippen LogP contribution is -2.19. The van der Waals surface area contributed by atoms with Gasteiger partial charge in [0.15, 0.2) is 0 Å². The van der Waals surface area contributed by atoms with E-state index in [9.17, 15) is 0 Å². The largest absolute Gasteiger partial charge is 0.496 e. The Kier molecular flexibility index (Phi) is 4.18. The predicted molar refractivity (Wildman–Crippen MR) is 73.1 cm³/mol. The molecule has 0 aliphatic heterocycles. The van der Waals surface area contributed by atoms with Crippen molar-refractivity contribution in [1.82, 2.24) is 10.3 Å². The summed E-state index contributed by atoms with van der Waals surface area (Å²) in [6, 6.07) is 11.4. The van der Waals surface area contributed by atoms with Gasteiger partial charge >= 0.3 is 0 Å². The molecule has 94 valence electrons. The van der Waals surface area contributed by atoms with E-state index < -0.39 is 0 Å². The number of hydrogen-bond donors (Lipinski definition) is 1. The first-order valence-electron chi connectivity index (χ1n) is 5.68. The smallest absolute Gasteiger partial charge is 0.124 e. The minimum absolute atomic E-state index is 0.0418. The van der Waals surface area contributed by atoms with E-state index in [4.69, 9.17) is 16.3 Å². The van der Waals surface area contributed by atoms with Crippen molar-refractivity contribution in [2.45, 2.75) is 6.04 Å². The van der Waals surface area contributed by atoms with Crippen LogP contribution >= 0.6 is 11.6 Å². The molecule has 0 bridgehead atoms. The predicted octanol–water partition coefficient (Wildman–Crippen LogP) is 3.05. The van der Waals surface area contributed by atoms with E-state index in [2.05, 4.69) is 10.3 Å². The maximum Gasteiger partial charge on any atom is 0.124 e. The molecular weight excluding hydrogens is 248 g/mol. The molecule has 1 aromatic heterocycles. The highest BCUT2D eigenvalue weighted by Crippen LogP contribution is 2.31. The summed E-state index contributed by atoms with van der Waals surface area (Å²) in [4.78, 5) is 4.37. The van der Waals surface area contributed by atoms with Gasteiger partial charge in [-0.2, -0.15) is 0 Å². The van der Waals surface area contributed by atoms with Gasteiger partial charge in [0.25, 0.3) is 0 Å². The molecule has 1 aromatic carbocycles. The van der Waals surface area contributed by atoms with Crippen LogP contribution in [-0.2, 0) is 0 Å². The van der Waals surface area contributed by atoms with Gasteiger partial charge in [-0.25, -0.2) is 0 Å². The lowest BCUT2D eigenvalue weighted by Gasteiger charge is -2.19. The van der Waals surface area contributed by atoms with Crippen LogP contribution in [0.3, 0.4) is 0 Å². The Balaban J connectivity index is 2.48. The summed E-state index contributed by atoms with van der Waals surface area (Å²) in [6.07, 6.45) is 1.77. The van der Waals surface area contributed by atoms with Gasteiger partial charge in [0, 0.05) is 16.8 Å². The summed E-state index contributed by atoms with van der Waals surface area (Å²) in [5, 5.41) is 3.92. The van der Waals surface area contributed by atoms with E-state index >= 15 is 0 Å². The zero-order chi connectivity index (χ0) is 13.0. The van der Waals surface area contributed by atoms with Gasteiger partial charge in [-0.15, -0.1) is 0 Å². The van der Waals surface area contributed by atoms with Crippen LogP contribution in [0.4, 0.5) is 0 Å². The molecule has 0 spiro atoms. The minimum atomic E-state index is -0.0418. The molecule has 4 heteroatoms. The van der Waals surface area contributed by atoms with Crippen molar-refractivity contribution in [3.05, 3.63) is 58.9 Å². The highest BCUT2D eigenvalue weighted by atomic mass is 35.5. The monoisotopic (exact) mass is 262 g/mol. The number of pyridine rings is 1. The molecule has 0 fully saturated rings. The third-order valence-corrected chi connectivity index (χ3v) is 3.01. The lowest BCUT2D eigenvalue weighted by molar-refractivity contribution is 0.405. The first-order chi connectivity index (χ1) is 8.76. The van der Waals surface area contributed by atoms with E-state index in [1.807, 2.05) is 43.4 Å². The summed E-state index contributed by atoms with van der Waals surface area (Å²) in [6.45, 7) is 0. The van der Waals surface area contributed by atoms with E-state index in [0.717, 1.165) is 17.0 Å². The molecular formula is C14H15ClN2O.